The molecule has 9 heteroatoms. The smallest absolute Gasteiger partial charge is 0.330 e. The highest BCUT2D eigenvalue weighted by Gasteiger charge is 2.24. The van der Waals surface area contributed by atoms with E-state index in [1.54, 1.807) is 0 Å². The number of nitrogens with zero attached hydrogens (tertiary/aromatic N) is 1. The van der Waals surface area contributed by atoms with Crippen LogP contribution in [-0.2, 0) is 19.0 Å². The average Bonchev–Trinajstić information content (AvgIpc) is 2.66. The topological polar surface area (TPSA) is 99.6 Å². The Morgan fingerprint density at radius 3 is 3.05 bits per heavy atom. The monoisotopic (exact) mass is 362 g/mol. The van der Waals surface area contributed by atoms with Gasteiger partial charge in [-0.3, -0.25) is 19.1 Å². The first kappa shape index (κ1) is 15.9. The Labute approximate surface area is 128 Å². The molecule has 0 amide bonds. The lowest BCUT2D eigenvalue weighted by Gasteiger charge is -2.22. The molecule has 0 saturated carbocycles. The molecular formula is C12H15BrN2O6. The van der Waals surface area contributed by atoms with Gasteiger partial charge in [-0.25, -0.2) is 4.79 Å². The van der Waals surface area contributed by atoms with E-state index in [1.165, 1.54) is 17.7 Å². The summed E-state index contributed by atoms with van der Waals surface area (Å²) < 4.78 is 17.5. The molecule has 1 fully saturated rings. The molecule has 0 spiro atoms. The van der Waals surface area contributed by atoms with E-state index in [2.05, 4.69) is 20.9 Å². The van der Waals surface area contributed by atoms with Gasteiger partial charge in [0.2, 0.25) is 0 Å². The predicted molar refractivity (Wildman–Crippen MR) is 75.0 cm³/mol. The van der Waals surface area contributed by atoms with Crippen molar-refractivity contribution in [2.24, 2.45) is 0 Å². The van der Waals surface area contributed by atoms with Gasteiger partial charge in [-0.15, -0.1) is 0 Å². The Balaban J connectivity index is 2.18. The second-order valence-corrected chi connectivity index (χ2v) is 5.38. The van der Waals surface area contributed by atoms with Crippen LogP contribution in [0.25, 0.3) is 0 Å². The molecule has 2 rings (SSSR count). The fourth-order valence-corrected chi connectivity index (χ4v) is 2.23. The Morgan fingerprint density at radius 1 is 1.57 bits per heavy atom. The summed E-state index contributed by atoms with van der Waals surface area (Å²) in [5.41, 5.74) is -1.07. The van der Waals surface area contributed by atoms with Gasteiger partial charge in [0.15, 0.2) is 0 Å². The molecule has 1 aromatic heterocycles. The van der Waals surface area contributed by atoms with Crippen molar-refractivity contribution in [3.8, 4) is 0 Å². The molecule has 1 aromatic rings. The molecule has 0 radical (unpaired) electrons. The number of hydrogen-bond donors (Lipinski definition) is 1. The lowest BCUT2D eigenvalue weighted by molar-refractivity contribution is -0.149. The molecule has 1 saturated heterocycles. The predicted octanol–water partition coefficient (Wildman–Crippen LogP) is 0.166. The van der Waals surface area contributed by atoms with Crippen molar-refractivity contribution >= 4 is 21.9 Å². The molecular weight excluding hydrogens is 348 g/mol. The highest BCUT2D eigenvalue weighted by Crippen LogP contribution is 2.19. The third-order valence-electron chi connectivity index (χ3n) is 2.87. The number of aromatic nitrogens is 2. The summed E-state index contributed by atoms with van der Waals surface area (Å²) in [4.78, 5) is 36.2. The van der Waals surface area contributed by atoms with E-state index < -0.39 is 29.6 Å². The molecule has 2 heterocycles. The lowest BCUT2D eigenvalue weighted by atomic mass is 10.3. The van der Waals surface area contributed by atoms with E-state index in [9.17, 15) is 14.4 Å². The maximum Gasteiger partial charge on any atom is 0.330 e. The zero-order chi connectivity index (χ0) is 15.4. The molecule has 0 aliphatic carbocycles. The van der Waals surface area contributed by atoms with Crippen LogP contribution in [0, 0.1) is 0 Å². The molecule has 21 heavy (non-hydrogen) atoms. The van der Waals surface area contributed by atoms with Gasteiger partial charge < -0.3 is 14.2 Å². The fourth-order valence-electron chi connectivity index (χ4n) is 1.91. The highest BCUT2D eigenvalue weighted by atomic mass is 79.9. The molecule has 2 atom stereocenters. The Morgan fingerprint density at radius 2 is 2.33 bits per heavy atom. The number of esters is 1. The van der Waals surface area contributed by atoms with Gasteiger partial charge in [-0.2, -0.15) is 0 Å². The van der Waals surface area contributed by atoms with Crippen molar-refractivity contribution in [3.63, 3.8) is 0 Å². The third kappa shape index (κ3) is 4.26. The normalized spacial score (nSPS) is 22.6. The average molecular weight is 363 g/mol. The van der Waals surface area contributed by atoms with Crippen LogP contribution in [0.4, 0.5) is 0 Å². The highest BCUT2D eigenvalue weighted by molar-refractivity contribution is 9.10. The quantitative estimate of drug-likeness (QED) is 0.769. The molecule has 0 aromatic carbocycles. The van der Waals surface area contributed by atoms with Gasteiger partial charge in [0.25, 0.3) is 5.56 Å². The van der Waals surface area contributed by atoms with Gasteiger partial charge in [-0.05, 0) is 15.9 Å². The summed E-state index contributed by atoms with van der Waals surface area (Å²) in [6, 6.07) is 0. The minimum atomic E-state index is -0.603. The summed E-state index contributed by atoms with van der Waals surface area (Å²) in [7, 11) is 0. The van der Waals surface area contributed by atoms with Crippen LogP contribution < -0.4 is 11.2 Å². The first-order valence-electron chi connectivity index (χ1n) is 6.35. The van der Waals surface area contributed by atoms with Gasteiger partial charge in [0.05, 0.1) is 17.7 Å². The van der Waals surface area contributed by atoms with E-state index in [4.69, 9.17) is 14.2 Å². The fraction of sp³-hybridized carbons (Fsp3) is 0.583. The van der Waals surface area contributed by atoms with Crippen LogP contribution >= 0.6 is 15.9 Å². The van der Waals surface area contributed by atoms with Crippen molar-refractivity contribution < 1.29 is 19.0 Å². The number of rotatable bonds is 3. The molecule has 8 nitrogen and oxygen atoms in total. The second kappa shape index (κ2) is 7.01. The van der Waals surface area contributed by atoms with Gasteiger partial charge in [0.1, 0.15) is 18.9 Å². The summed E-state index contributed by atoms with van der Waals surface area (Å²) in [6.07, 6.45) is 0.738. The summed E-state index contributed by atoms with van der Waals surface area (Å²) >= 11 is 3.07. The van der Waals surface area contributed by atoms with Crippen LogP contribution in [-0.4, -0.2) is 41.4 Å². The van der Waals surface area contributed by atoms with Crippen LogP contribution in [0.3, 0.4) is 0 Å². The number of carbonyl (C=O) groups excluding carboxylic acids is 1. The number of aromatic amines is 1. The van der Waals surface area contributed by atoms with Crippen molar-refractivity contribution in [2.75, 3.05) is 19.8 Å². The zero-order valence-corrected chi connectivity index (χ0v) is 12.9. The van der Waals surface area contributed by atoms with Crippen LogP contribution in [0.2, 0.25) is 0 Å². The molecule has 116 valence electrons. The molecule has 0 bridgehead atoms. The van der Waals surface area contributed by atoms with Crippen molar-refractivity contribution in [2.45, 2.75) is 25.7 Å². The van der Waals surface area contributed by atoms with Crippen molar-refractivity contribution in [1.29, 1.82) is 0 Å². The molecule has 1 aliphatic rings. The van der Waals surface area contributed by atoms with Gasteiger partial charge in [-0.1, -0.05) is 0 Å². The standard InChI is InChI=1S/C12H15BrN2O6/c1-7(16)20-6-8-5-19-3-2-10(21-8)15-4-9(13)11(17)14-12(15)18/h4,8,10H,2-3,5-6H2,1H3,(H,14,17,18). The first-order chi connectivity index (χ1) is 9.97. The minimum Gasteiger partial charge on any atom is -0.463 e. The Kier molecular flexibility index (Phi) is 5.32. The van der Waals surface area contributed by atoms with E-state index in [0.717, 1.165) is 0 Å². The molecule has 1 N–H and O–H groups in total. The SMILES string of the molecule is CC(=O)OCC1COCCC(n2cc(Br)c(=O)[nH]c2=O)O1. The van der Waals surface area contributed by atoms with Crippen LogP contribution in [0.1, 0.15) is 19.6 Å². The Bertz CT molecular complexity index is 625. The van der Waals surface area contributed by atoms with Crippen LogP contribution in [0.15, 0.2) is 20.3 Å². The minimum absolute atomic E-state index is 0.0467. The number of nitrogens with one attached hydrogen (secondary N) is 1. The summed E-state index contributed by atoms with van der Waals surface area (Å²) in [5, 5.41) is 0. The number of carbonyl (C=O) groups is 1. The van der Waals surface area contributed by atoms with E-state index in [1.807, 2.05) is 0 Å². The van der Waals surface area contributed by atoms with E-state index in [0.29, 0.717) is 13.0 Å². The maximum atomic E-state index is 11.9. The van der Waals surface area contributed by atoms with Crippen LogP contribution in [0.5, 0.6) is 0 Å². The number of H-pyrrole nitrogens is 1. The van der Waals surface area contributed by atoms with Gasteiger partial charge >= 0.3 is 11.7 Å². The third-order valence-corrected chi connectivity index (χ3v) is 3.43. The van der Waals surface area contributed by atoms with E-state index in [-0.39, 0.29) is 17.7 Å². The number of ether oxygens (including phenoxy) is 3. The molecule has 1 aliphatic heterocycles. The van der Waals surface area contributed by atoms with E-state index >= 15 is 0 Å². The van der Waals surface area contributed by atoms with Crippen molar-refractivity contribution in [1.82, 2.24) is 9.55 Å². The largest absolute Gasteiger partial charge is 0.463 e. The lowest BCUT2D eigenvalue weighted by Crippen LogP contribution is -2.35. The second-order valence-electron chi connectivity index (χ2n) is 4.52. The summed E-state index contributed by atoms with van der Waals surface area (Å²) in [5.74, 6) is -0.414. The first-order valence-corrected chi connectivity index (χ1v) is 7.14. The Hall–Kier alpha value is -1.45. The zero-order valence-electron chi connectivity index (χ0n) is 11.3. The van der Waals surface area contributed by atoms with Gasteiger partial charge in [0, 0.05) is 19.5 Å². The number of hydrogen-bond acceptors (Lipinski definition) is 6. The number of halogens is 1. The van der Waals surface area contributed by atoms with Crippen molar-refractivity contribution in [3.05, 3.63) is 31.5 Å². The maximum absolute atomic E-state index is 11.9. The summed E-state index contributed by atoms with van der Waals surface area (Å²) in [6.45, 7) is 2.01. The molecule has 2 unspecified atom stereocenters.